The maximum absolute atomic E-state index is 11.6. The van der Waals surface area contributed by atoms with Crippen LogP contribution in [0.3, 0.4) is 0 Å². The Morgan fingerprint density at radius 3 is 2.59 bits per heavy atom. The van der Waals surface area contributed by atoms with E-state index in [1.165, 1.54) is 13.2 Å². The third-order valence-corrected chi connectivity index (χ3v) is 2.20. The molecule has 1 aromatic rings. The van der Waals surface area contributed by atoms with Gasteiger partial charge in [0.05, 0.1) is 12.7 Å². The summed E-state index contributed by atoms with van der Waals surface area (Å²) in [4.78, 5) is 22.9. The van der Waals surface area contributed by atoms with Crippen LogP contribution in [0.2, 0.25) is 0 Å². The quantitative estimate of drug-likeness (QED) is 0.282. The smallest absolute Gasteiger partial charge is 0.380 e. The highest BCUT2D eigenvalue weighted by atomic mass is 16.6. The van der Waals surface area contributed by atoms with Gasteiger partial charge in [0.1, 0.15) is 0 Å². The van der Waals surface area contributed by atoms with Crippen LogP contribution in [0.5, 0.6) is 0 Å². The van der Waals surface area contributed by atoms with E-state index in [9.17, 15) is 9.59 Å². The molecule has 1 rings (SSSR count). The van der Waals surface area contributed by atoms with Crippen molar-refractivity contribution in [1.82, 2.24) is 0 Å². The number of rotatable bonds is 3. The molecule has 0 spiro atoms. The lowest BCUT2D eigenvalue weighted by atomic mass is 10.1. The number of hydrogen-bond acceptors (Lipinski definition) is 5. The first-order chi connectivity index (χ1) is 7.97. The van der Waals surface area contributed by atoms with Crippen LogP contribution in [0.25, 0.3) is 0 Å². The van der Waals surface area contributed by atoms with E-state index in [2.05, 4.69) is 16.1 Å². The monoisotopic (exact) mass is 235 g/mol. The summed E-state index contributed by atoms with van der Waals surface area (Å²) in [7, 11) is 1.26. The average Bonchev–Trinajstić information content (AvgIpc) is 2.31. The molecule has 0 radical (unpaired) electrons. The van der Waals surface area contributed by atoms with Crippen LogP contribution in [-0.4, -0.2) is 19.0 Å². The van der Waals surface area contributed by atoms with Crippen molar-refractivity contribution in [3.05, 3.63) is 41.7 Å². The molecule has 1 aromatic carbocycles. The van der Waals surface area contributed by atoms with Gasteiger partial charge in [-0.3, -0.25) is 0 Å². The minimum absolute atomic E-state index is 0.141. The normalized spacial score (nSPS) is 9.53. The Morgan fingerprint density at radius 1 is 1.35 bits per heavy atom. The highest BCUT2D eigenvalue weighted by Crippen LogP contribution is 2.17. The Balaban J connectivity index is 2.88. The second-order valence-corrected chi connectivity index (χ2v) is 3.34. The molecule has 5 nitrogen and oxygen atoms in total. The lowest BCUT2D eigenvalue weighted by Crippen LogP contribution is -2.16. The maximum Gasteiger partial charge on any atom is 0.380 e. The predicted molar refractivity (Wildman–Crippen MR) is 62.2 cm³/mol. The van der Waals surface area contributed by atoms with E-state index in [1.54, 1.807) is 19.1 Å². The molecule has 0 saturated heterocycles. The van der Waals surface area contributed by atoms with Crippen molar-refractivity contribution >= 4 is 17.6 Å². The first-order valence-electron chi connectivity index (χ1n) is 4.82. The lowest BCUT2D eigenvalue weighted by molar-refractivity contribution is -0.136. The van der Waals surface area contributed by atoms with Gasteiger partial charge in [0.15, 0.2) is 5.76 Å². The van der Waals surface area contributed by atoms with Gasteiger partial charge in [-0.25, -0.2) is 9.59 Å². The fourth-order valence-corrected chi connectivity index (χ4v) is 1.14. The van der Waals surface area contributed by atoms with Gasteiger partial charge in [0.2, 0.25) is 0 Å². The molecule has 0 heterocycles. The van der Waals surface area contributed by atoms with Crippen LogP contribution in [-0.2, 0) is 14.3 Å². The predicted octanol–water partition coefficient (Wildman–Crippen LogP) is 1.42. The van der Waals surface area contributed by atoms with E-state index in [0.717, 1.165) is 5.56 Å². The number of benzene rings is 1. The topological polar surface area (TPSA) is 78.6 Å². The van der Waals surface area contributed by atoms with Crippen LogP contribution in [0.1, 0.15) is 15.9 Å². The van der Waals surface area contributed by atoms with Crippen LogP contribution < -0.4 is 5.73 Å². The zero-order valence-electron chi connectivity index (χ0n) is 9.65. The number of methoxy groups -OCH3 is 1. The van der Waals surface area contributed by atoms with Crippen LogP contribution in [0.15, 0.2) is 30.5 Å². The van der Waals surface area contributed by atoms with E-state index in [1.807, 2.05) is 0 Å². The minimum Gasteiger partial charge on any atom is -0.490 e. The van der Waals surface area contributed by atoms with Crippen molar-refractivity contribution in [1.29, 1.82) is 0 Å². The van der Waals surface area contributed by atoms with Crippen LogP contribution >= 0.6 is 0 Å². The van der Waals surface area contributed by atoms with Gasteiger partial charge in [-0.2, -0.15) is 0 Å². The zero-order chi connectivity index (χ0) is 13.0. The van der Waals surface area contributed by atoms with Gasteiger partial charge < -0.3 is 15.2 Å². The summed E-state index contributed by atoms with van der Waals surface area (Å²) in [5.74, 6) is -2.00. The van der Waals surface area contributed by atoms with Crippen molar-refractivity contribution in [2.24, 2.45) is 0 Å². The second kappa shape index (κ2) is 5.16. The van der Waals surface area contributed by atoms with Gasteiger partial charge in [0.25, 0.3) is 0 Å². The largest absolute Gasteiger partial charge is 0.490 e. The molecule has 0 fully saturated rings. The van der Waals surface area contributed by atoms with Crippen LogP contribution in [0.4, 0.5) is 5.69 Å². The molecular formula is C12H13NO4. The molecule has 0 aliphatic rings. The lowest BCUT2D eigenvalue weighted by Gasteiger charge is -2.07. The van der Waals surface area contributed by atoms with E-state index >= 15 is 0 Å². The second-order valence-electron chi connectivity index (χ2n) is 3.34. The minimum atomic E-state index is -0.932. The Labute approximate surface area is 98.8 Å². The van der Waals surface area contributed by atoms with Crippen molar-refractivity contribution in [2.45, 2.75) is 6.92 Å². The molecule has 0 atom stereocenters. The van der Waals surface area contributed by atoms with Gasteiger partial charge in [-0.1, -0.05) is 12.1 Å². The number of anilines is 1. The number of esters is 2. The fraction of sp³-hybridized carbons (Fsp3) is 0.167. The zero-order valence-corrected chi connectivity index (χ0v) is 9.65. The number of ether oxygens (including phenoxy) is 2. The van der Waals surface area contributed by atoms with E-state index in [-0.39, 0.29) is 17.0 Å². The fourth-order valence-electron chi connectivity index (χ4n) is 1.14. The summed E-state index contributed by atoms with van der Waals surface area (Å²) < 4.78 is 9.09. The number of carbonyl (C=O) groups excluding carboxylic acids is 2. The van der Waals surface area contributed by atoms with Crippen LogP contribution in [0, 0.1) is 6.92 Å². The summed E-state index contributed by atoms with van der Waals surface area (Å²) in [6, 6.07) is 4.88. The number of hydrogen-bond donors (Lipinski definition) is 1. The summed E-state index contributed by atoms with van der Waals surface area (Å²) in [5.41, 5.74) is 6.86. The van der Waals surface area contributed by atoms with Crippen molar-refractivity contribution in [3.63, 3.8) is 0 Å². The van der Waals surface area contributed by atoms with Gasteiger partial charge in [-0.15, -0.1) is 0 Å². The third-order valence-electron chi connectivity index (χ3n) is 2.20. The van der Waals surface area contributed by atoms with E-state index < -0.39 is 11.9 Å². The molecule has 0 saturated carbocycles. The first kappa shape index (κ1) is 12.8. The summed E-state index contributed by atoms with van der Waals surface area (Å²) in [6.07, 6.45) is 0. The van der Waals surface area contributed by atoms with Gasteiger partial charge in [0, 0.05) is 5.69 Å². The third kappa shape index (κ3) is 2.84. The number of aryl methyl sites for hydroxylation is 1. The molecule has 0 bridgehead atoms. The molecule has 0 aliphatic heterocycles. The number of nitrogens with two attached hydrogens (primary N) is 1. The Morgan fingerprint density at radius 2 is 2.00 bits per heavy atom. The number of carbonyl (C=O) groups is 2. The molecular weight excluding hydrogens is 222 g/mol. The number of para-hydroxylation sites is 1. The highest BCUT2D eigenvalue weighted by molar-refractivity contribution is 6.04. The summed E-state index contributed by atoms with van der Waals surface area (Å²) in [5, 5.41) is 0. The molecule has 0 amide bonds. The molecule has 0 aliphatic carbocycles. The Hall–Kier alpha value is -2.30. The average molecular weight is 235 g/mol. The SMILES string of the molecule is C=C(OC)C(=O)OC(=O)c1cccc(C)c1N. The summed E-state index contributed by atoms with van der Waals surface area (Å²) >= 11 is 0. The Bertz CT molecular complexity index is 479. The molecule has 5 heteroatoms. The number of nitrogen functional groups attached to an aromatic ring is 1. The van der Waals surface area contributed by atoms with E-state index in [0.29, 0.717) is 0 Å². The molecule has 0 aromatic heterocycles. The van der Waals surface area contributed by atoms with Crippen molar-refractivity contribution in [2.75, 3.05) is 12.8 Å². The highest BCUT2D eigenvalue weighted by Gasteiger charge is 2.18. The molecule has 2 N–H and O–H groups in total. The summed E-state index contributed by atoms with van der Waals surface area (Å²) in [6.45, 7) is 5.03. The standard InChI is InChI=1S/C12H13NO4/c1-7-5-4-6-9(10(7)13)12(15)17-11(14)8(2)16-3/h4-6H,2,13H2,1,3H3. The molecule has 0 unspecified atom stereocenters. The van der Waals surface area contributed by atoms with Gasteiger partial charge >= 0.3 is 11.9 Å². The Kier molecular flexibility index (Phi) is 3.87. The van der Waals surface area contributed by atoms with E-state index in [4.69, 9.17) is 5.73 Å². The molecule has 90 valence electrons. The van der Waals surface area contributed by atoms with Gasteiger partial charge in [-0.05, 0) is 25.1 Å². The van der Waals surface area contributed by atoms with Crippen molar-refractivity contribution in [3.8, 4) is 0 Å². The maximum atomic E-state index is 11.6. The van der Waals surface area contributed by atoms with Crippen molar-refractivity contribution < 1.29 is 19.1 Å². The first-order valence-corrected chi connectivity index (χ1v) is 4.82. The molecule has 17 heavy (non-hydrogen) atoms.